The van der Waals surface area contributed by atoms with E-state index in [4.69, 9.17) is 32.7 Å². The van der Waals surface area contributed by atoms with Gasteiger partial charge in [-0.3, -0.25) is 4.79 Å². The highest BCUT2D eigenvalue weighted by Gasteiger charge is 2.12. The number of hydrogen-bond acceptors (Lipinski definition) is 5. The molecule has 1 aromatic heterocycles. The number of benzene rings is 1. The summed E-state index contributed by atoms with van der Waals surface area (Å²) >= 11 is 11.9. The molecule has 1 amide bonds. The Kier molecular flexibility index (Phi) is 7.00. The fraction of sp³-hybridized carbons (Fsp3) is 0.167. The van der Waals surface area contributed by atoms with Gasteiger partial charge in [-0.25, -0.2) is 9.78 Å². The van der Waals surface area contributed by atoms with Crippen LogP contribution in [-0.4, -0.2) is 30.6 Å². The highest BCUT2D eigenvalue weighted by Crippen LogP contribution is 2.28. The van der Waals surface area contributed by atoms with Crippen molar-refractivity contribution in [3.8, 4) is 5.75 Å². The topological polar surface area (TPSA) is 77.5 Å². The summed E-state index contributed by atoms with van der Waals surface area (Å²) < 4.78 is 9.93. The summed E-state index contributed by atoms with van der Waals surface area (Å²) in [4.78, 5) is 27.5. The summed E-state index contributed by atoms with van der Waals surface area (Å²) in [6.07, 6.45) is 4.18. The molecule has 2 rings (SSSR count). The monoisotopic (exact) mass is 394 g/mol. The van der Waals surface area contributed by atoms with E-state index in [-0.39, 0.29) is 10.8 Å². The lowest BCUT2D eigenvalue weighted by Crippen LogP contribution is -2.21. The van der Waals surface area contributed by atoms with Crippen molar-refractivity contribution in [2.45, 2.75) is 6.92 Å². The lowest BCUT2D eigenvalue weighted by Gasteiger charge is -2.09. The van der Waals surface area contributed by atoms with E-state index in [0.717, 1.165) is 5.56 Å². The number of carbonyl (C=O) groups excluding carboxylic acids is 2. The van der Waals surface area contributed by atoms with Crippen LogP contribution in [0.25, 0.3) is 6.08 Å². The molecule has 1 N–H and O–H groups in total. The van der Waals surface area contributed by atoms with Gasteiger partial charge in [-0.1, -0.05) is 35.3 Å². The summed E-state index contributed by atoms with van der Waals surface area (Å²) in [6, 6.07) is 7.10. The molecule has 0 saturated heterocycles. The SMILES string of the molecule is COc1ccc(C=CC(=O)OCC(=O)Nc2ncc(Cl)c(C)c2Cl)cc1. The minimum atomic E-state index is -0.651. The molecule has 6 nitrogen and oxygen atoms in total. The Morgan fingerprint density at radius 3 is 2.58 bits per heavy atom. The summed E-state index contributed by atoms with van der Waals surface area (Å²) in [5.74, 6) is -0.343. The maximum Gasteiger partial charge on any atom is 0.331 e. The van der Waals surface area contributed by atoms with Crippen LogP contribution in [0.3, 0.4) is 0 Å². The van der Waals surface area contributed by atoms with Gasteiger partial charge in [-0.15, -0.1) is 0 Å². The first-order valence-corrected chi connectivity index (χ1v) is 8.25. The Morgan fingerprint density at radius 1 is 1.23 bits per heavy atom. The Morgan fingerprint density at radius 2 is 1.92 bits per heavy atom. The normalized spacial score (nSPS) is 10.6. The number of pyridine rings is 1. The number of aromatic nitrogens is 1. The van der Waals surface area contributed by atoms with Crippen molar-refractivity contribution in [1.29, 1.82) is 0 Å². The molecule has 0 aliphatic heterocycles. The van der Waals surface area contributed by atoms with Crippen molar-refractivity contribution in [3.05, 3.63) is 57.7 Å². The van der Waals surface area contributed by atoms with Crippen molar-refractivity contribution in [1.82, 2.24) is 4.98 Å². The standard InChI is InChI=1S/C18H16Cl2N2O4/c1-11-14(19)9-21-18(17(11)20)22-15(23)10-26-16(24)8-5-12-3-6-13(25-2)7-4-12/h3-9H,10H2,1-2H3,(H,21,22,23). The van der Waals surface area contributed by atoms with Crippen molar-refractivity contribution >= 4 is 47.0 Å². The van der Waals surface area contributed by atoms with E-state index >= 15 is 0 Å². The van der Waals surface area contributed by atoms with Crippen LogP contribution >= 0.6 is 23.2 Å². The minimum absolute atomic E-state index is 0.156. The Labute approximate surface area is 160 Å². The van der Waals surface area contributed by atoms with E-state index < -0.39 is 18.5 Å². The number of hydrogen-bond donors (Lipinski definition) is 1. The molecule has 136 valence electrons. The smallest absolute Gasteiger partial charge is 0.331 e. The first-order valence-electron chi connectivity index (χ1n) is 7.50. The van der Waals surface area contributed by atoms with Crippen molar-refractivity contribution in [2.75, 3.05) is 19.0 Å². The number of carbonyl (C=O) groups is 2. The van der Waals surface area contributed by atoms with Gasteiger partial charge >= 0.3 is 5.97 Å². The molecule has 1 heterocycles. The molecule has 0 aliphatic rings. The molecule has 2 aromatic rings. The zero-order valence-corrected chi connectivity index (χ0v) is 15.6. The van der Waals surface area contributed by atoms with Crippen LogP contribution in [0.15, 0.2) is 36.5 Å². The summed E-state index contributed by atoms with van der Waals surface area (Å²) in [5.41, 5.74) is 1.39. The van der Waals surface area contributed by atoms with Gasteiger partial charge in [0, 0.05) is 12.3 Å². The fourth-order valence-corrected chi connectivity index (χ4v) is 2.27. The minimum Gasteiger partial charge on any atom is -0.497 e. The number of esters is 1. The van der Waals surface area contributed by atoms with Crippen LogP contribution in [0.1, 0.15) is 11.1 Å². The molecule has 0 unspecified atom stereocenters. The van der Waals surface area contributed by atoms with E-state index in [9.17, 15) is 9.59 Å². The Bertz CT molecular complexity index is 836. The average molecular weight is 395 g/mol. The van der Waals surface area contributed by atoms with Gasteiger partial charge in [-0.2, -0.15) is 0 Å². The Hall–Kier alpha value is -2.57. The zero-order valence-electron chi connectivity index (χ0n) is 14.1. The fourth-order valence-electron chi connectivity index (χ4n) is 1.88. The molecule has 0 saturated carbocycles. The van der Waals surface area contributed by atoms with Gasteiger partial charge in [0.25, 0.3) is 5.91 Å². The molecule has 0 radical (unpaired) electrons. The van der Waals surface area contributed by atoms with E-state index in [1.807, 2.05) is 0 Å². The van der Waals surface area contributed by atoms with Crippen LogP contribution in [0.2, 0.25) is 10.0 Å². The first kappa shape index (κ1) is 19.8. The predicted molar refractivity (Wildman–Crippen MR) is 101 cm³/mol. The maximum absolute atomic E-state index is 11.9. The number of halogens is 2. The third kappa shape index (κ3) is 5.47. The van der Waals surface area contributed by atoms with Crippen molar-refractivity contribution in [2.24, 2.45) is 0 Å². The van der Waals surface area contributed by atoms with Crippen LogP contribution < -0.4 is 10.1 Å². The van der Waals surface area contributed by atoms with Crippen LogP contribution in [0.5, 0.6) is 5.75 Å². The zero-order chi connectivity index (χ0) is 19.1. The molecule has 26 heavy (non-hydrogen) atoms. The van der Waals surface area contributed by atoms with E-state index in [1.165, 1.54) is 12.3 Å². The molecule has 0 spiro atoms. The average Bonchev–Trinajstić information content (AvgIpc) is 2.65. The third-order valence-corrected chi connectivity index (χ3v) is 4.18. The molecular formula is C18H16Cl2N2O4. The quantitative estimate of drug-likeness (QED) is 0.593. The van der Waals surface area contributed by atoms with E-state index in [2.05, 4.69) is 10.3 Å². The second kappa shape index (κ2) is 9.22. The largest absolute Gasteiger partial charge is 0.497 e. The van der Waals surface area contributed by atoms with Crippen LogP contribution in [-0.2, 0) is 14.3 Å². The number of amides is 1. The first-order chi connectivity index (χ1) is 12.4. The number of anilines is 1. The lowest BCUT2D eigenvalue weighted by molar-refractivity contribution is -0.142. The Balaban J connectivity index is 1.85. The molecular weight excluding hydrogens is 379 g/mol. The molecule has 1 aromatic carbocycles. The number of nitrogens with one attached hydrogen (secondary N) is 1. The number of ether oxygens (including phenoxy) is 2. The summed E-state index contributed by atoms with van der Waals surface area (Å²) in [5, 5.41) is 3.09. The van der Waals surface area contributed by atoms with E-state index in [0.29, 0.717) is 16.3 Å². The third-order valence-electron chi connectivity index (χ3n) is 3.33. The molecule has 0 bridgehead atoms. The highest BCUT2D eigenvalue weighted by molar-refractivity contribution is 6.37. The summed E-state index contributed by atoms with van der Waals surface area (Å²) in [6.45, 7) is 1.23. The van der Waals surface area contributed by atoms with Gasteiger partial charge in [0.05, 0.1) is 17.2 Å². The van der Waals surface area contributed by atoms with Gasteiger partial charge in [0.1, 0.15) is 5.75 Å². The highest BCUT2D eigenvalue weighted by atomic mass is 35.5. The number of methoxy groups -OCH3 is 1. The molecule has 0 fully saturated rings. The van der Waals surface area contributed by atoms with Gasteiger partial charge in [0.15, 0.2) is 12.4 Å². The van der Waals surface area contributed by atoms with E-state index in [1.54, 1.807) is 44.4 Å². The summed E-state index contributed by atoms with van der Waals surface area (Å²) in [7, 11) is 1.57. The number of nitrogens with zero attached hydrogens (tertiary/aromatic N) is 1. The molecule has 8 heteroatoms. The molecule has 0 aliphatic carbocycles. The van der Waals surface area contributed by atoms with Gasteiger partial charge in [0.2, 0.25) is 0 Å². The number of rotatable bonds is 6. The second-order valence-electron chi connectivity index (χ2n) is 5.16. The predicted octanol–water partition coefficient (Wildman–Crippen LogP) is 3.90. The van der Waals surface area contributed by atoms with Crippen molar-refractivity contribution in [3.63, 3.8) is 0 Å². The van der Waals surface area contributed by atoms with Crippen molar-refractivity contribution < 1.29 is 19.1 Å². The van der Waals surface area contributed by atoms with Gasteiger partial charge in [-0.05, 0) is 36.3 Å². The lowest BCUT2D eigenvalue weighted by atomic mass is 10.2. The maximum atomic E-state index is 11.9. The molecule has 0 atom stereocenters. The van der Waals surface area contributed by atoms with Crippen LogP contribution in [0, 0.1) is 6.92 Å². The van der Waals surface area contributed by atoms with Gasteiger partial charge < -0.3 is 14.8 Å². The van der Waals surface area contributed by atoms with Crippen LogP contribution in [0.4, 0.5) is 5.82 Å². The second-order valence-corrected chi connectivity index (χ2v) is 5.94.